The third-order valence-corrected chi connectivity index (χ3v) is 2.38. The molecule has 2 heterocycles. The van der Waals surface area contributed by atoms with E-state index >= 15 is 0 Å². The van der Waals surface area contributed by atoms with Crippen molar-refractivity contribution >= 4 is 11.9 Å². The summed E-state index contributed by atoms with van der Waals surface area (Å²) >= 11 is 0. The number of nitrogens with zero attached hydrogens (tertiary/aromatic N) is 3. The van der Waals surface area contributed by atoms with E-state index in [-0.39, 0.29) is 5.91 Å². The lowest BCUT2D eigenvalue weighted by Gasteiger charge is -2.02. The average Bonchev–Trinajstić information content (AvgIpc) is 2.84. The van der Waals surface area contributed by atoms with Gasteiger partial charge in [0.2, 0.25) is 0 Å². The van der Waals surface area contributed by atoms with E-state index in [0.29, 0.717) is 25.3 Å². The van der Waals surface area contributed by atoms with Crippen molar-refractivity contribution in [3.05, 3.63) is 11.9 Å². The van der Waals surface area contributed by atoms with Gasteiger partial charge in [-0.05, 0) is 0 Å². The third-order valence-electron chi connectivity index (χ3n) is 2.38. The van der Waals surface area contributed by atoms with Crippen molar-refractivity contribution < 1.29 is 14.3 Å². The first-order valence-electron chi connectivity index (χ1n) is 5.18. The number of ether oxygens (including phenoxy) is 1. The van der Waals surface area contributed by atoms with Crippen LogP contribution in [0.15, 0.2) is 6.20 Å². The van der Waals surface area contributed by atoms with Crippen LogP contribution in [0.3, 0.4) is 0 Å². The Hall–Kier alpha value is -1.96. The number of nitrogens with one attached hydrogen (secondary N) is 2. The lowest BCUT2D eigenvalue weighted by atomic mass is 10.2. The topological polar surface area (TPSA) is 98.1 Å². The van der Waals surface area contributed by atoms with E-state index in [9.17, 15) is 9.59 Å². The van der Waals surface area contributed by atoms with Gasteiger partial charge in [0.15, 0.2) is 0 Å². The first-order chi connectivity index (χ1) is 8.19. The molecule has 0 aliphatic carbocycles. The standard InChI is InChI=1S/C9H13N5O3/c1-17-3-2-14-5-6(12-13-14)4-7-8(15)11-9(16)10-7/h5,7H,2-4H2,1H3,(H2,10,11,15,16)/t7-/m0/s1. The number of amides is 3. The Morgan fingerprint density at radius 2 is 2.35 bits per heavy atom. The average molecular weight is 239 g/mol. The number of carbonyl (C=O) groups excluding carboxylic acids is 2. The lowest BCUT2D eigenvalue weighted by Crippen LogP contribution is -2.31. The van der Waals surface area contributed by atoms with E-state index in [0.717, 1.165) is 0 Å². The van der Waals surface area contributed by atoms with Crippen LogP contribution in [0.4, 0.5) is 4.79 Å². The van der Waals surface area contributed by atoms with Gasteiger partial charge in [0.25, 0.3) is 5.91 Å². The highest BCUT2D eigenvalue weighted by atomic mass is 16.5. The second-order valence-corrected chi connectivity index (χ2v) is 3.69. The smallest absolute Gasteiger partial charge is 0.322 e. The fourth-order valence-electron chi connectivity index (χ4n) is 1.54. The monoisotopic (exact) mass is 239 g/mol. The minimum Gasteiger partial charge on any atom is -0.383 e. The summed E-state index contributed by atoms with van der Waals surface area (Å²) in [6.07, 6.45) is 2.07. The molecule has 0 saturated carbocycles. The normalized spacial score (nSPS) is 19.2. The Bertz CT molecular complexity index is 430. The zero-order valence-electron chi connectivity index (χ0n) is 9.34. The van der Waals surface area contributed by atoms with Crippen LogP contribution >= 0.6 is 0 Å². The van der Waals surface area contributed by atoms with Crippen LogP contribution in [0.5, 0.6) is 0 Å². The second-order valence-electron chi connectivity index (χ2n) is 3.69. The van der Waals surface area contributed by atoms with Gasteiger partial charge in [-0.15, -0.1) is 5.10 Å². The molecule has 1 saturated heterocycles. The number of methoxy groups -OCH3 is 1. The van der Waals surface area contributed by atoms with Crippen molar-refractivity contribution in [2.45, 2.75) is 19.0 Å². The molecule has 2 rings (SSSR count). The molecule has 1 aliphatic rings. The minimum atomic E-state index is -0.560. The Morgan fingerprint density at radius 1 is 1.53 bits per heavy atom. The molecule has 1 atom stereocenters. The molecule has 8 nitrogen and oxygen atoms in total. The van der Waals surface area contributed by atoms with Gasteiger partial charge in [-0.3, -0.25) is 10.1 Å². The van der Waals surface area contributed by atoms with Gasteiger partial charge >= 0.3 is 6.03 Å². The number of rotatable bonds is 5. The Balaban J connectivity index is 1.92. The van der Waals surface area contributed by atoms with Crippen molar-refractivity contribution in [3.8, 4) is 0 Å². The molecule has 0 radical (unpaired) electrons. The van der Waals surface area contributed by atoms with Crippen molar-refractivity contribution in [2.75, 3.05) is 13.7 Å². The molecule has 0 spiro atoms. The zero-order chi connectivity index (χ0) is 12.3. The fraction of sp³-hybridized carbons (Fsp3) is 0.556. The SMILES string of the molecule is COCCn1cc(C[C@@H]2NC(=O)NC2=O)nn1. The highest BCUT2D eigenvalue weighted by Gasteiger charge is 2.30. The van der Waals surface area contributed by atoms with Crippen LogP contribution in [0.2, 0.25) is 0 Å². The predicted octanol–water partition coefficient (Wildman–Crippen LogP) is -1.32. The van der Waals surface area contributed by atoms with Crippen LogP contribution in [0, 0.1) is 0 Å². The quantitative estimate of drug-likeness (QED) is 0.621. The van der Waals surface area contributed by atoms with E-state index in [1.807, 2.05) is 0 Å². The second kappa shape index (κ2) is 4.91. The summed E-state index contributed by atoms with van der Waals surface area (Å²) in [5, 5.41) is 12.5. The van der Waals surface area contributed by atoms with E-state index < -0.39 is 12.1 Å². The molecule has 0 bridgehead atoms. The molecule has 8 heteroatoms. The molecule has 17 heavy (non-hydrogen) atoms. The van der Waals surface area contributed by atoms with Gasteiger partial charge < -0.3 is 10.1 Å². The lowest BCUT2D eigenvalue weighted by molar-refractivity contribution is -0.120. The molecule has 1 aromatic rings. The molecule has 1 fully saturated rings. The summed E-state index contributed by atoms with van der Waals surface area (Å²) in [5.74, 6) is -0.332. The van der Waals surface area contributed by atoms with Gasteiger partial charge in [-0.1, -0.05) is 5.21 Å². The Kier molecular flexibility index (Phi) is 3.33. The van der Waals surface area contributed by atoms with Crippen LogP contribution in [-0.4, -0.2) is 46.7 Å². The first kappa shape index (κ1) is 11.5. The van der Waals surface area contributed by atoms with Crippen molar-refractivity contribution in [2.24, 2.45) is 0 Å². The number of aromatic nitrogens is 3. The molecular formula is C9H13N5O3. The number of urea groups is 1. The van der Waals surface area contributed by atoms with Gasteiger partial charge in [0.05, 0.1) is 18.8 Å². The molecule has 92 valence electrons. The molecule has 3 amide bonds. The third kappa shape index (κ3) is 2.78. The van der Waals surface area contributed by atoms with E-state index in [2.05, 4.69) is 20.9 Å². The molecule has 0 aromatic carbocycles. The summed E-state index contributed by atoms with van der Waals surface area (Å²) in [5.41, 5.74) is 0.656. The van der Waals surface area contributed by atoms with Gasteiger partial charge in [-0.2, -0.15) is 0 Å². The maximum Gasteiger partial charge on any atom is 0.322 e. The maximum atomic E-state index is 11.3. The summed E-state index contributed by atoms with van der Waals surface area (Å²) < 4.78 is 6.54. The fourth-order valence-corrected chi connectivity index (χ4v) is 1.54. The largest absolute Gasteiger partial charge is 0.383 e. The molecule has 1 aliphatic heterocycles. The van der Waals surface area contributed by atoms with E-state index in [4.69, 9.17) is 4.74 Å². The van der Waals surface area contributed by atoms with Crippen LogP contribution in [0.1, 0.15) is 5.69 Å². The number of imide groups is 1. The van der Waals surface area contributed by atoms with Crippen molar-refractivity contribution in [3.63, 3.8) is 0 Å². The number of hydrogen-bond acceptors (Lipinski definition) is 5. The van der Waals surface area contributed by atoms with Gasteiger partial charge in [-0.25, -0.2) is 9.48 Å². The van der Waals surface area contributed by atoms with Crippen LogP contribution in [-0.2, 0) is 22.5 Å². The Labute approximate surface area is 97.3 Å². The first-order valence-corrected chi connectivity index (χ1v) is 5.18. The van der Waals surface area contributed by atoms with E-state index in [1.54, 1.807) is 18.0 Å². The summed E-state index contributed by atoms with van der Waals surface area (Å²) in [4.78, 5) is 22.2. The van der Waals surface area contributed by atoms with Gasteiger partial charge in [0.1, 0.15) is 6.04 Å². The maximum absolute atomic E-state index is 11.3. The molecule has 2 N–H and O–H groups in total. The molecule has 0 unspecified atom stereocenters. The minimum absolute atomic E-state index is 0.332. The highest BCUT2D eigenvalue weighted by molar-refractivity contribution is 6.04. The molecule has 1 aromatic heterocycles. The summed E-state index contributed by atoms with van der Waals surface area (Å²) in [6.45, 7) is 1.15. The van der Waals surface area contributed by atoms with Gasteiger partial charge in [0, 0.05) is 19.7 Å². The van der Waals surface area contributed by atoms with Crippen LogP contribution in [0.25, 0.3) is 0 Å². The number of carbonyl (C=O) groups is 2. The van der Waals surface area contributed by atoms with Crippen molar-refractivity contribution in [1.29, 1.82) is 0 Å². The molecular weight excluding hydrogens is 226 g/mol. The van der Waals surface area contributed by atoms with E-state index in [1.165, 1.54) is 0 Å². The summed E-state index contributed by atoms with van der Waals surface area (Å²) in [6, 6.07) is -1.03. The number of hydrogen-bond donors (Lipinski definition) is 2. The van der Waals surface area contributed by atoms with Crippen molar-refractivity contribution in [1.82, 2.24) is 25.6 Å². The summed E-state index contributed by atoms with van der Waals surface area (Å²) in [7, 11) is 1.61. The highest BCUT2D eigenvalue weighted by Crippen LogP contribution is 2.03. The zero-order valence-corrected chi connectivity index (χ0v) is 9.34. The predicted molar refractivity (Wildman–Crippen MR) is 56.1 cm³/mol. The Morgan fingerprint density at radius 3 is 3.00 bits per heavy atom. The van der Waals surface area contributed by atoms with Crippen LogP contribution < -0.4 is 10.6 Å².